The zero-order chi connectivity index (χ0) is 27.8. The van der Waals surface area contributed by atoms with E-state index in [4.69, 9.17) is 9.84 Å². The molecule has 1 aliphatic carbocycles. The molecule has 0 saturated heterocycles. The Morgan fingerprint density at radius 3 is 2.36 bits per heavy atom. The standard InChI is InChI=1S/C32H29NO6/c1-18-14-22(31(36)37)15-19(2)30(18)39-32(38)29-24-6-4-5-7-26(24)33(3)27-17-21(10-13-25(27)29)28(35)16-20-8-11-23(34)12-9-20/h4-17,25,27,29,34-35H,1-3H3,(H,36,37)/p+1/b28-16-. The van der Waals surface area contributed by atoms with Crippen LogP contribution in [0.2, 0.25) is 0 Å². The van der Waals surface area contributed by atoms with Gasteiger partial charge in [0.15, 0.2) is 0 Å². The number of carbonyl (C=O) groups excluding carboxylic acids is 1. The van der Waals surface area contributed by atoms with Gasteiger partial charge >= 0.3 is 11.9 Å². The van der Waals surface area contributed by atoms with Gasteiger partial charge in [-0.2, -0.15) is 0 Å². The summed E-state index contributed by atoms with van der Waals surface area (Å²) in [7, 11) is 1.98. The molecule has 3 unspecified atom stereocenters. The van der Waals surface area contributed by atoms with Crippen molar-refractivity contribution >= 4 is 23.7 Å². The second kappa shape index (κ2) is 10.2. The van der Waals surface area contributed by atoms with Gasteiger partial charge in [0, 0.05) is 24.7 Å². The maximum Gasteiger partial charge on any atom is 0.335 e. The zero-order valence-corrected chi connectivity index (χ0v) is 21.9. The molecule has 0 saturated carbocycles. The van der Waals surface area contributed by atoms with E-state index in [2.05, 4.69) is 4.90 Å². The summed E-state index contributed by atoms with van der Waals surface area (Å²) in [4.78, 5) is 27.4. The van der Waals surface area contributed by atoms with Crippen molar-refractivity contribution in [2.24, 2.45) is 5.92 Å². The highest BCUT2D eigenvalue weighted by Crippen LogP contribution is 2.45. The molecule has 7 nitrogen and oxygen atoms in total. The number of carboxylic acid groups (broad SMARTS) is 1. The molecule has 3 aromatic carbocycles. The second-order valence-corrected chi connectivity index (χ2v) is 10.0. The van der Waals surface area contributed by atoms with Crippen LogP contribution < -0.4 is 9.64 Å². The minimum Gasteiger partial charge on any atom is -0.593 e. The number of aromatic hydroxyl groups is 1. The highest BCUT2D eigenvalue weighted by Gasteiger charge is 2.44. The zero-order valence-electron chi connectivity index (χ0n) is 21.9. The number of anilines is 1. The van der Waals surface area contributed by atoms with Crippen molar-refractivity contribution in [1.82, 2.24) is 0 Å². The molecule has 3 aromatic rings. The Hall–Kier alpha value is -4.78. The lowest BCUT2D eigenvalue weighted by molar-refractivity contribution is -0.137. The number of phenols is 1. The SMILES string of the molecule is Cc1cc(C(=O)O)cc(C)c1OC(=O)C1c2ccccc2N(C)C2C=C(/C([OH2+])=C/c3ccc(O)cc3)C=CC12. The quantitative estimate of drug-likeness (QED) is 0.208. The second-order valence-electron chi connectivity index (χ2n) is 10.0. The molecular formula is C32H30NO6+. The van der Waals surface area contributed by atoms with E-state index in [1.807, 2.05) is 49.5 Å². The van der Waals surface area contributed by atoms with Crippen LogP contribution in [-0.4, -0.2) is 40.3 Å². The average Bonchev–Trinajstić information content (AvgIpc) is 2.91. The van der Waals surface area contributed by atoms with Crippen molar-refractivity contribution < 1.29 is 29.6 Å². The molecule has 1 heterocycles. The van der Waals surface area contributed by atoms with Crippen LogP contribution in [0.1, 0.15) is 38.5 Å². The van der Waals surface area contributed by atoms with Gasteiger partial charge in [0.25, 0.3) is 5.76 Å². The van der Waals surface area contributed by atoms with Crippen molar-refractivity contribution in [1.29, 1.82) is 0 Å². The normalized spacial score (nSPS) is 20.1. The molecule has 5 rings (SSSR count). The third kappa shape index (κ3) is 4.91. The van der Waals surface area contributed by atoms with Crippen molar-refractivity contribution in [3.8, 4) is 11.5 Å². The van der Waals surface area contributed by atoms with Gasteiger partial charge in [-0.15, -0.1) is 0 Å². The molecule has 2 aliphatic rings. The van der Waals surface area contributed by atoms with Gasteiger partial charge in [-0.1, -0.05) is 36.4 Å². The summed E-state index contributed by atoms with van der Waals surface area (Å²) in [6, 6.07) is 17.2. The van der Waals surface area contributed by atoms with Crippen LogP contribution in [0.3, 0.4) is 0 Å². The third-order valence-corrected chi connectivity index (χ3v) is 7.41. The Labute approximate surface area is 226 Å². The molecule has 4 N–H and O–H groups in total. The number of rotatable bonds is 5. The molecule has 0 fully saturated rings. The van der Waals surface area contributed by atoms with Crippen LogP contribution >= 0.6 is 0 Å². The number of para-hydroxylation sites is 1. The van der Waals surface area contributed by atoms with E-state index in [0.29, 0.717) is 22.6 Å². The topological polar surface area (TPSA) is 110 Å². The number of aromatic carboxylic acids is 1. The van der Waals surface area contributed by atoms with E-state index in [1.54, 1.807) is 44.2 Å². The molecule has 198 valence electrons. The largest absolute Gasteiger partial charge is 0.593 e. The van der Waals surface area contributed by atoms with E-state index in [9.17, 15) is 19.8 Å². The van der Waals surface area contributed by atoms with Crippen LogP contribution in [0.4, 0.5) is 5.69 Å². The molecule has 39 heavy (non-hydrogen) atoms. The van der Waals surface area contributed by atoms with Gasteiger partial charge in [0.2, 0.25) is 0 Å². The number of phenolic OH excluding ortho intramolecular Hbond substituents is 1. The van der Waals surface area contributed by atoms with E-state index < -0.39 is 17.9 Å². The number of hydrogen-bond donors (Lipinski definition) is 2. The summed E-state index contributed by atoms with van der Waals surface area (Å²) >= 11 is 0. The predicted molar refractivity (Wildman–Crippen MR) is 150 cm³/mol. The number of carbonyl (C=O) groups is 2. The van der Waals surface area contributed by atoms with Gasteiger partial charge in [-0.3, -0.25) is 4.79 Å². The number of ether oxygens (including phenoxy) is 1. The van der Waals surface area contributed by atoms with Crippen molar-refractivity contribution in [2.45, 2.75) is 25.8 Å². The average molecular weight is 525 g/mol. The molecule has 0 aromatic heterocycles. The predicted octanol–water partition coefficient (Wildman–Crippen LogP) is 5.09. The highest BCUT2D eigenvalue weighted by molar-refractivity contribution is 5.89. The first-order chi connectivity index (χ1) is 18.6. The Kier molecular flexibility index (Phi) is 6.74. The summed E-state index contributed by atoms with van der Waals surface area (Å²) < 4.78 is 5.98. The van der Waals surface area contributed by atoms with E-state index in [1.165, 1.54) is 12.1 Å². The summed E-state index contributed by atoms with van der Waals surface area (Å²) in [6.07, 6.45) is 7.61. The molecule has 3 atom stereocenters. The number of allylic oxidation sites excluding steroid dienone is 1. The molecule has 1 aliphatic heterocycles. The lowest BCUT2D eigenvalue weighted by Gasteiger charge is -2.44. The molecular weight excluding hydrogens is 494 g/mol. The maximum absolute atomic E-state index is 13.8. The van der Waals surface area contributed by atoms with Gasteiger partial charge in [0.1, 0.15) is 11.5 Å². The Morgan fingerprint density at radius 2 is 1.69 bits per heavy atom. The van der Waals surface area contributed by atoms with Gasteiger partial charge in [-0.25, -0.2) is 4.79 Å². The highest BCUT2D eigenvalue weighted by atomic mass is 16.5. The van der Waals surface area contributed by atoms with Gasteiger partial charge in [0.05, 0.1) is 23.1 Å². The van der Waals surface area contributed by atoms with Crippen molar-refractivity contribution in [3.05, 3.63) is 118 Å². The van der Waals surface area contributed by atoms with Crippen LogP contribution in [-0.2, 0) is 4.79 Å². The van der Waals surface area contributed by atoms with Gasteiger partial charge in [-0.05, 0) is 78.6 Å². The number of esters is 1. The fraction of sp³-hybridized carbons (Fsp3) is 0.188. The monoisotopic (exact) mass is 524 g/mol. The Bertz CT molecular complexity index is 1530. The summed E-state index contributed by atoms with van der Waals surface area (Å²) in [5.41, 5.74) is 4.62. The summed E-state index contributed by atoms with van der Waals surface area (Å²) in [5.74, 6) is -1.40. The molecule has 0 amide bonds. The molecule has 7 heteroatoms. The van der Waals surface area contributed by atoms with Crippen LogP contribution in [0, 0.1) is 19.8 Å². The fourth-order valence-electron chi connectivity index (χ4n) is 5.48. The number of benzene rings is 3. The maximum atomic E-state index is 13.8. The first-order valence-corrected chi connectivity index (χ1v) is 12.6. The summed E-state index contributed by atoms with van der Waals surface area (Å²) in [5, 5.41) is 27.6. The summed E-state index contributed by atoms with van der Waals surface area (Å²) in [6.45, 7) is 3.47. The Balaban J connectivity index is 1.49. The molecule has 0 radical (unpaired) electrons. The molecule has 0 bridgehead atoms. The van der Waals surface area contributed by atoms with E-state index >= 15 is 0 Å². The lowest BCUT2D eigenvalue weighted by Crippen LogP contribution is -2.47. The van der Waals surface area contributed by atoms with Crippen molar-refractivity contribution in [3.63, 3.8) is 0 Å². The fourth-order valence-corrected chi connectivity index (χ4v) is 5.48. The van der Waals surface area contributed by atoms with E-state index in [0.717, 1.165) is 22.4 Å². The number of hydrogen-bond acceptors (Lipinski definition) is 5. The number of likely N-dealkylation sites (N-methyl/N-ethyl adjacent to an activating group) is 1. The van der Waals surface area contributed by atoms with E-state index in [-0.39, 0.29) is 23.3 Å². The smallest absolute Gasteiger partial charge is 0.335 e. The lowest BCUT2D eigenvalue weighted by atomic mass is 9.73. The van der Waals surface area contributed by atoms with Crippen LogP contribution in [0.25, 0.3) is 6.08 Å². The third-order valence-electron chi connectivity index (χ3n) is 7.41. The van der Waals surface area contributed by atoms with Crippen LogP contribution in [0.5, 0.6) is 11.5 Å². The van der Waals surface area contributed by atoms with Gasteiger partial charge < -0.3 is 25.0 Å². The first-order valence-electron chi connectivity index (χ1n) is 12.6. The first kappa shape index (κ1) is 25.9. The molecule has 0 spiro atoms. The number of fused-ring (bicyclic) bond motifs is 2. The number of carboxylic acids is 1. The van der Waals surface area contributed by atoms with Crippen molar-refractivity contribution in [2.75, 3.05) is 11.9 Å². The number of aryl methyl sites for hydroxylation is 2. The minimum absolute atomic E-state index is 0.147. The number of nitrogens with zero attached hydrogens (tertiary/aromatic N) is 1. The Morgan fingerprint density at radius 1 is 1.03 bits per heavy atom. The minimum atomic E-state index is -1.03. The van der Waals surface area contributed by atoms with Crippen LogP contribution in [0.15, 0.2) is 90.2 Å².